The molecular weight excluding hydrogens is 356 g/mol. The SMILES string of the molecule is CCOc1ccccc1C(=O)Nc1c(N2CCCC2)c2ccccc2oc1=O. The third-order valence-electron chi connectivity index (χ3n) is 4.88. The van der Waals surface area contributed by atoms with Crippen molar-refractivity contribution in [3.05, 3.63) is 64.5 Å². The van der Waals surface area contributed by atoms with E-state index in [1.54, 1.807) is 24.3 Å². The van der Waals surface area contributed by atoms with Gasteiger partial charge in [-0.15, -0.1) is 0 Å². The molecule has 0 radical (unpaired) electrons. The molecule has 2 aromatic carbocycles. The molecule has 144 valence electrons. The summed E-state index contributed by atoms with van der Waals surface area (Å²) in [6.45, 7) is 3.98. The lowest BCUT2D eigenvalue weighted by atomic mass is 10.1. The van der Waals surface area contributed by atoms with E-state index in [4.69, 9.17) is 9.15 Å². The Morgan fingerprint density at radius 2 is 1.82 bits per heavy atom. The van der Waals surface area contributed by atoms with E-state index in [1.165, 1.54) is 0 Å². The molecular formula is C22H22N2O4. The molecule has 0 atom stereocenters. The molecule has 0 bridgehead atoms. The molecule has 2 heterocycles. The van der Waals surface area contributed by atoms with E-state index in [0.29, 0.717) is 23.5 Å². The number of anilines is 2. The summed E-state index contributed by atoms with van der Waals surface area (Å²) in [7, 11) is 0. The monoisotopic (exact) mass is 378 g/mol. The van der Waals surface area contributed by atoms with E-state index < -0.39 is 11.5 Å². The number of carbonyl (C=O) groups is 1. The molecule has 1 amide bonds. The Hall–Kier alpha value is -3.28. The Morgan fingerprint density at radius 3 is 2.61 bits per heavy atom. The Morgan fingerprint density at radius 1 is 1.11 bits per heavy atom. The molecule has 1 saturated heterocycles. The average molecular weight is 378 g/mol. The van der Waals surface area contributed by atoms with Crippen molar-refractivity contribution in [3.63, 3.8) is 0 Å². The predicted molar refractivity (Wildman–Crippen MR) is 109 cm³/mol. The number of hydrogen-bond donors (Lipinski definition) is 1. The van der Waals surface area contributed by atoms with Crippen molar-refractivity contribution in [1.82, 2.24) is 0 Å². The number of fused-ring (bicyclic) bond motifs is 1. The van der Waals surface area contributed by atoms with Crippen molar-refractivity contribution in [1.29, 1.82) is 0 Å². The Labute approximate surface area is 162 Å². The quantitative estimate of drug-likeness (QED) is 0.679. The maximum absolute atomic E-state index is 13.0. The minimum Gasteiger partial charge on any atom is -0.493 e. The maximum Gasteiger partial charge on any atom is 0.362 e. The van der Waals surface area contributed by atoms with Crippen molar-refractivity contribution >= 4 is 28.3 Å². The van der Waals surface area contributed by atoms with Gasteiger partial charge in [0.2, 0.25) is 0 Å². The number of hydrogen-bond acceptors (Lipinski definition) is 5. The van der Waals surface area contributed by atoms with E-state index in [1.807, 2.05) is 31.2 Å². The van der Waals surface area contributed by atoms with Gasteiger partial charge in [0.05, 0.1) is 17.9 Å². The average Bonchev–Trinajstić information content (AvgIpc) is 3.23. The first kappa shape index (κ1) is 18.1. The number of benzene rings is 2. The highest BCUT2D eigenvalue weighted by molar-refractivity contribution is 6.10. The van der Waals surface area contributed by atoms with Crippen LogP contribution < -0.4 is 20.6 Å². The Balaban J connectivity index is 1.80. The predicted octanol–water partition coefficient (Wildman–Crippen LogP) is 4.04. The van der Waals surface area contributed by atoms with Crippen LogP contribution in [0.2, 0.25) is 0 Å². The van der Waals surface area contributed by atoms with Crippen LogP contribution in [0.25, 0.3) is 11.0 Å². The van der Waals surface area contributed by atoms with Crippen molar-refractivity contribution in [3.8, 4) is 5.75 Å². The fraction of sp³-hybridized carbons (Fsp3) is 0.273. The molecule has 1 aliphatic rings. The summed E-state index contributed by atoms with van der Waals surface area (Å²) in [5.74, 6) is 0.0856. The lowest BCUT2D eigenvalue weighted by Crippen LogP contribution is -2.26. The van der Waals surface area contributed by atoms with E-state index in [2.05, 4.69) is 10.2 Å². The first-order chi connectivity index (χ1) is 13.7. The molecule has 1 fully saturated rings. The molecule has 6 heteroatoms. The van der Waals surface area contributed by atoms with Gasteiger partial charge in [-0.3, -0.25) is 4.79 Å². The van der Waals surface area contributed by atoms with Gasteiger partial charge < -0.3 is 19.4 Å². The second-order valence-electron chi connectivity index (χ2n) is 6.69. The molecule has 0 unspecified atom stereocenters. The van der Waals surface area contributed by atoms with Gasteiger partial charge in [0, 0.05) is 18.5 Å². The number of para-hydroxylation sites is 2. The lowest BCUT2D eigenvalue weighted by Gasteiger charge is -2.22. The summed E-state index contributed by atoms with van der Waals surface area (Å²) in [5, 5.41) is 3.61. The number of rotatable bonds is 5. The van der Waals surface area contributed by atoms with Gasteiger partial charge in [-0.25, -0.2) is 4.79 Å². The van der Waals surface area contributed by atoms with E-state index >= 15 is 0 Å². The van der Waals surface area contributed by atoms with E-state index in [0.717, 1.165) is 37.0 Å². The molecule has 1 N–H and O–H groups in total. The zero-order valence-corrected chi connectivity index (χ0v) is 15.7. The molecule has 28 heavy (non-hydrogen) atoms. The molecule has 0 aliphatic carbocycles. The summed E-state index contributed by atoms with van der Waals surface area (Å²) < 4.78 is 11.0. The number of amides is 1. The molecule has 6 nitrogen and oxygen atoms in total. The zero-order valence-electron chi connectivity index (χ0n) is 15.7. The van der Waals surface area contributed by atoms with E-state index in [-0.39, 0.29) is 5.69 Å². The van der Waals surface area contributed by atoms with E-state index in [9.17, 15) is 9.59 Å². The molecule has 0 saturated carbocycles. The standard InChI is InChI=1S/C22H22N2O4/c1-2-27-17-11-5-4-10-16(17)21(25)23-19-20(24-13-7-8-14-24)15-9-3-6-12-18(15)28-22(19)26/h3-6,9-12H,2,7-8,13-14H2,1H3,(H,23,25). The van der Waals surface area contributed by atoms with Gasteiger partial charge in [-0.2, -0.15) is 0 Å². The molecule has 3 aromatic rings. The first-order valence-electron chi connectivity index (χ1n) is 9.53. The van der Waals surface area contributed by atoms with Crippen LogP contribution in [0, 0.1) is 0 Å². The smallest absolute Gasteiger partial charge is 0.362 e. The van der Waals surface area contributed by atoms with Crippen LogP contribution in [0.1, 0.15) is 30.1 Å². The topological polar surface area (TPSA) is 71.8 Å². The second kappa shape index (κ2) is 7.76. The summed E-state index contributed by atoms with van der Waals surface area (Å²) in [6, 6.07) is 14.4. The lowest BCUT2D eigenvalue weighted by molar-refractivity contribution is 0.102. The van der Waals surface area contributed by atoms with Crippen molar-refractivity contribution < 1.29 is 13.9 Å². The van der Waals surface area contributed by atoms with Crippen LogP contribution in [0.5, 0.6) is 5.75 Å². The van der Waals surface area contributed by atoms with Gasteiger partial charge in [0.25, 0.3) is 5.91 Å². The summed E-state index contributed by atoms with van der Waals surface area (Å²) in [5.41, 5.74) is 1.25. The van der Waals surface area contributed by atoms with Crippen LogP contribution in [0.15, 0.2) is 57.7 Å². The van der Waals surface area contributed by atoms with Crippen molar-refractivity contribution in [2.75, 3.05) is 29.9 Å². The Bertz CT molecular complexity index is 1070. The number of nitrogens with zero attached hydrogens (tertiary/aromatic N) is 1. The highest BCUT2D eigenvalue weighted by atomic mass is 16.5. The van der Waals surface area contributed by atoms with Crippen LogP contribution in [0.4, 0.5) is 11.4 Å². The minimum atomic E-state index is -0.553. The third-order valence-corrected chi connectivity index (χ3v) is 4.88. The van der Waals surface area contributed by atoms with Gasteiger partial charge in [0.1, 0.15) is 11.3 Å². The largest absolute Gasteiger partial charge is 0.493 e. The highest BCUT2D eigenvalue weighted by Gasteiger charge is 2.24. The van der Waals surface area contributed by atoms with Crippen molar-refractivity contribution in [2.24, 2.45) is 0 Å². The van der Waals surface area contributed by atoms with Gasteiger partial charge >= 0.3 is 5.63 Å². The number of carbonyl (C=O) groups excluding carboxylic acids is 1. The molecule has 0 spiro atoms. The van der Waals surface area contributed by atoms with Crippen LogP contribution in [-0.4, -0.2) is 25.6 Å². The Kier molecular flexibility index (Phi) is 5.02. The fourth-order valence-corrected chi connectivity index (χ4v) is 3.63. The van der Waals surface area contributed by atoms with Crippen molar-refractivity contribution in [2.45, 2.75) is 19.8 Å². The van der Waals surface area contributed by atoms with Crippen LogP contribution in [-0.2, 0) is 0 Å². The zero-order chi connectivity index (χ0) is 19.5. The fourth-order valence-electron chi connectivity index (χ4n) is 3.63. The molecule has 1 aliphatic heterocycles. The number of nitrogens with one attached hydrogen (secondary N) is 1. The first-order valence-corrected chi connectivity index (χ1v) is 9.53. The second-order valence-corrected chi connectivity index (χ2v) is 6.69. The summed E-state index contributed by atoms with van der Waals surface area (Å²) >= 11 is 0. The van der Waals surface area contributed by atoms with Crippen LogP contribution in [0.3, 0.4) is 0 Å². The maximum atomic E-state index is 13.0. The third kappa shape index (κ3) is 3.33. The number of ether oxygens (including phenoxy) is 1. The highest BCUT2D eigenvalue weighted by Crippen LogP contribution is 2.34. The van der Waals surface area contributed by atoms with Gasteiger partial charge in [-0.1, -0.05) is 24.3 Å². The minimum absolute atomic E-state index is 0.178. The summed E-state index contributed by atoms with van der Waals surface area (Å²) in [4.78, 5) is 27.9. The van der Waals surface area contributed by atoms with Gasteiger partial charge in [0.15, 0.2) is 5.69 Å². The molecule has 1 aromatic heterocycles. The molecule has 4 rings (SSSR count). The normalized spacial score (nSPS) is 13.7. The van der Waals surface area contributed by atoms with Gasteiger partial charge in [-0.05, 0) is 44.0 Å². The summed E-state index contributed by atoms with van der Waals surface area (Å²) in [6.07, 6.45) is 2.10. The van der Waals surface area contributed by atoms with Crippen LogP contribution >= 0.6 is 0 Å².